The van der Waals surface area contributed by atoms with E-state index in [0.29, 0.717) is 0 Å². The van der Waals surface area contributed by atoms with Crippen LogP contribution in [0.5, 0.6) is 5.75 Å². The molecule has 0 aliphatic heterocycles. The van der Waals surface area contributed by atoms with Gasteiger partial charge in [0, 0.05) is 0 Å². The number of hydrogen-bond acceptors (Lipinski definition) is 2. The molecule has 0 fully saturated rings. The molecule has 0 aromatic heterocycles. The Hall–Kier alpha value is -1.02. The van der Waals surface area contributed by atoms with Gasteiger partial charge in [-0.3, -0.25) is 5.73 Å². The summed E-state index contributed by atoms with van der Waals surface area (Å²) in [6.07, 6.45) is 3.04. The van der Waals surface area contributed by atoms with Gasteiger partial charge in [0.2, 0.25) is 0 Å². The van der Waals surface area contributed by atoms with E-state index < -0.39 is 0 Å². The zero-order chi connectivity index (χ0) is 9.52. The minimum Gasteiger partial charge on any atom is -0.476 e. The lowest BCUT2D eigenvalue weighted by atomic mass is 10.2. The molecule has 1 unspecified atom stereocenters. The van der Waals surface area contributed by atoms with Crippen molar-refractivity contribution in [2.24, 2.45) is 5.73 Å². The van der Waals surface area contributed by atoms with Crippen molar-refractivity contribution < 1.29 is 4.74 Å². The van der Waals surface area contributed by atoms with Gasteiger partial charge in [-0.1, -0.05) is 31.5 Å². The molecule has 1 aromatic carbocycles. The molecule has 0 bridgehead atoms. The van der Waals surface area contributed by atoms with E-state index in [-0.39, 0.29) is 6.23 Å². The maximum Gasteiger partial charge on any atom is 0.147 e. The Morgan fingerprint density at radius 3 is 2.62 bits per heavy atom. The summed E-state index contributed by atoms with van der Waals surface area (Å²) in [6.45, 7) is 2.15. The van der Waals surface area contributed by atoms with Gasteiger partial charge in [-0.25, -0.2) is 0 Å². The Morgan fingerprint density at radius 1 is 1.31 bits per heavy atom. The van der Waals surface area contributed by atoms with E-state index in [1.165, 1.54) is 0 Å². The van der Waals surface area contributed by atoms with Gasteiger partial charge in [0.25, 0.3) is 0 Å². The highest BCUT2D eigenvalue weighted by atomic mass is 16.5. The maximum absolute atomic E-state index is 5.77. The lowest BCUT2D eigenvalue weighted by Gasteiger charge is -2.13. The Bertz CT molecular complexity index is 223. The second-order valence-electron chi connectivity index (χ2n) is 3.11. The second-order valence-corrected chi connectivity index (χ2v) is 3.11. The third-order valence-electron chi connectivity index (χ3n) is 1.87. The number of para-hydroxylation sites is 1. The van der Waals surface area contributed by atoms with Crippen LogP contribution in [-0.2, 0) is 0 Å². The maximum atomic E-state index is 5.77. The summed E-state index contributed by atoms with van der Waals surface area (Å²) in [5, 5.41) is 0. The van der Waals surface area contributed by atoms with Crippen molar-refractivity contribution in [3.63, 3.8) is 0 Å². The third-order valence-corrected chi connectivity index (χ3v) is 1.87. The number of unbranched alkanes of at least 4 members (excludes halogenated alkanes) is 1. The number of hydrogen-bond donors (Lipinski definition) is 1. The largest absolute Gasteiger partial charge is 0.476 e. The zero-order valence-corrected chi connectivity index (χ0v) is 8.07. The number of benzene rings is 1. The van der Waals surface area contributed by atoms with Crippen LogP contribution in [0.25, 0.3) is 0 Å². The van der Waals surface area contributed by atoms with E-state index in [1.807, 2.05) is 30.3 Å². The molecule has 0 aliphatic rings. The first kappa shape index (κ1) is 10.1. The Labute approximate surface area is 79.7 Å². The molecule has 2 N–H and O–H groups in total. The summed E-state index contributed by atoms with van der Waals surface area (Å²) in [5.41, 5.74) is 5.77. The summed E-state index contributed by atoms with van der Waals surface area (Å²) >= 11 is 0. The smallest absolute Gasteiger partial charge is 0.147 e. The van der Waals surface area contributed by atoms with Crippen molar-refractivity contribution in [1.29, 1.82) is 0 Å². The van der Waals surface area contributed by atoms with Gasteiger partial charge in [0.05, 0.1) is 0 Å². The van der Waals surface area contributed by atoms with Crippen molar-refractivity contribution in [3.05, 3.63) is 30.3 Å². The van der Waals surface area contributed by atoms with Crippen molar-refractivity contribution in [2.75, 3.05) is 0 Å². The van der Waals surface area contributed by atoms with Crippen LogP contribution in [0.15, 0.2) is 30.3 Å². The number of nitrogens with two attached hydrogens (primary N) is 1. The van der Waals surface area contributed by atoms with Gasteiger partial charge in [0.15, 0.2) is 0 Å². The molecule has 0 aliphatic carbocycles. The number of rotatable bonds is 5. The summed E-state index contributed by atoms with van der Waals surface area (Å²) in [6, 6.07) is 9.70. The molecule has 0 saturated heterocycles. The molecular weight excluding hydrogens is 162 g/mol. The molecule has 0 heterocycles. The Balaban J connectivity index is 2.32. The van der Waals surface area contributed by atoms with E-state index in [1.54, 1.807) is 0 Å². The molecular formula is C11H17NO. The minimum atomic E-state index is -0.164. The summed E-state index contributed by atoms with van der Waals surface area (Å²) in [5.74, 6) is 0.853. The van der Waals surface area contributed by atoms with Gasteiger partial charge in [0.1, 0.15) is 12.0 Å². The average molecular weight is 179 g/mol. The fourth-order valence-electron chi connectivity index (χ4n) is 1.14. The summed E-state index contributed by atoms with van der Waals surface area (Å²) in [7, 11) is 0. The van der Waals surface area contributed by atoms with Crippen LogP contribution in [0.1, 0.15) is 26.2 Å². The predicted octanol–water partition coefficient (Wildman–Crippen LogP) is 2.54. The highest BCUT2D eigenvalue weighted by molar-refractivity contribution is 5.21. The fourth-order valence-corrected chi connectivity index (χ4v) is 1.14. The topological polar surface area (TPSA) is 35.2 Å². The van der Waals surface area contributed by atoms with Crippen molar-refractivity contribution in [3.8, 4) is 5.75 Å². The van der Waals surface area contributed by atoms with Crippen LogP contribution in [0.2, 0.25) is 0 Å². The van der Waals surface area contributed by atoms with Crippen LogP contribution in [0, 0.1) is 0 Å². The van der Waals surface area contributed by atoms with E-state index in [9.17, 15) is 0 Å². The van der Waals surface area contributed by atoms with E-state index in [4.69, 9.17) is 10.5 Å². The van der Waals surface area contributed by atoms with Gasteiger partial charge in [-0.15, -0.1) is 0 Å². The highest BCUT2D eigenvalue weighted by Gasteiger charge is 2.01. The zero-order valence-electron chi connectivity index (χ0n) is 8.07. The van der Waals surface area contributed by atoms with Crippen molar-refractivity contribution >= 4 is 0 Å². The molecule has 1 atom stereocenters. The standard InChI is InChI=1S/C11H17NO/c1-2-3-9-11(12)13-10-7-5-4-6-8-10/h4-8,11H,2-3,9,12H2,1H3. The fraction of sp³-hybridized carbons (Fsp3) is 0.455. The third kappa shape index (κ3) is 3.95. The first-order chi connectivity index (χ1) is 6.33. The van der Waals surface area contributed by atoms with Crippen LogP contribution in [-0.4, -0.2) is 6.23 Å². The normalized spacial score (nSPS) is 12.5. The van der Waals surface area contributed by atoms with Crippen LogP contribution in [0.3, 0.4) is 0 Å². The molecule has 0 radical (unpaired) electrons. The molecule has 0 saturated carbocycles. The van der Waals surface area contributed by atoms with Crippen LogP contribution >= 0.6 is 0 Å². The van der Waals surface area contributed by atoms with Crippen molar-refractivity contribution in [1.82, 2.24) is 0 Å². The average Bonchev–Trinajstić information content (AvgIpc) is 2.16. The van der Waals surface area contributed by atoms with Gasteiger partial charge < -0.3 is 4.74 Å². The molecule has 0 spiro atoms. The van der Waals surface area contributed by atoms with Crippen LogP contribution < -0.4 is 10.5 Å². The Kier molecular flexibility index (Phi) is 4.33. The first-order valence-corrected chi connectivity index (χ1v) is 4.80. The molecule has 1 aromatic rings. The minimum absolute atomic E-state index is 0.164. The predicted molar refractivity (Wildman–Crippen MR) is 54.6 cm³/mol. The van der Waals surface area contributed by atoms with E-state index in [0.717, 1.165) is 25.0 Å². The molecule has 13 heavy (non-hydrogen) atoms. The molecule has 1 rings (SSSR count). The van der Waals surface area contributed by atoms with Crippen molar-refractivity contribution in [2.45, 2.75) is 32.4 Å². The molecule has 2 nitrogen and oxygen atoms in total. The first-order valence-electron chi connectivity index (χ1n) is 4.80. The monoisotopic (exact) mass is 179 g/mol. The SMILES string of the molecule is CCCCC(N)Oc1ccccc1. The Morgan fingerprint density at radius 2 is 2.00 bits per heavy atom. The molecule has 2 heteroatoms. The lowest BCUT2D eigenvalue weighted by molar-refractivity contribution is 0.195. The number of ether oxygens (including phenoxy) is 1. The lowest BCUT2D eigenvalue weighted by Crippen LogP contribution is -2.26. The highest BCUT2D eigenvalue weighted by Crippen LogP contribution is 2.11. The quantitative estimate of drug-likeness (QED) is 0.705. The van der Waals surface area contributed by atoms with E-state index in [2.05, 4.69) is 6.92 Å². The summed E-state index contributed by atoms with van der Waals surface area (Å²) in [4.78, 5) is 0. The van der Waals surface area contributed by atoms with Gasteiger partial charge in [-0.05, 0) is 25.0 Å². The van der Waals surface area contributed by atoms with Gasteiger partial charge >= 0.3 is 0 Å². The molecule has 72 valence electrons. The van der Waals surface area contributed by atoms with E-state index >= 15 is 0 Å². The second kappa shape index (κ2) is 5.60. The summed E-state index contributed by atoms with van der Waals surface area (Å²) < 4.78 is 5.49. The van der Waals surface area contributed by atoms with Crippen LogP contribution in [0.4, 0.5) is 0 Å². The van der Waals surface area contributed by atoms with Gasteiger partial charge in [-0.2, -0.15) is 0 Å². The molecule has 0 amide bonds.